The highest BCUT2D eigenvalue weighted by atomic mass is 16.6. The van der Waals surface area contributed by atoms with Crippen molar-refractivity contribution in [1.82, 2.24) is 14.7 Å². The van der Waals surface area contributed by atoms with E-state index in [1.807, 2.05) is 15.8 Å². The van der Waals surface area contributed by atoms with Crippen molar-refractivity contribution in [2.24, 2.45) is 0 Å². The maximum absolute atomic E-state index is 13.4. The molecule has 3 aliphatic rings. The molecule has 2 aliphatic heterocycles. The summed E-state index contributed by atoms with van der Waals surface area (Å²) in [5.41, 5.74) is 7.52. The van der Waals surface area contributed by atoms with Gasteiger partial charge in [0.25, 0.3) is 0 Å². The van der Waals surface area contributed by atoms with Crippen LogP contribution in [0.5, 0.6) is 0 Å². The Bertz CT molecular complexity index is 1200. The first kappa shape index (κ1) is 21.2. The van der Waals surface area contributed by atoms with Crippen LogP contribution in [-0.4, -0.2) is 39.5 Å². The first-order chi connectivity index (χ1) is 16.7. The average Bonchev–Trinajstić information content (AvgIpc) is 3.45. The molecule has 1 fully saturated rings. The Morgan fingerprint density at radius 2 is 1.79 bits per heavy atom. The minimum Gasteiger partial charge on any atom is -0.448 e. The van der Waals surface area contributed by atoms with Crippen molar-refractivity contribution in [3.05, 3.63) is 83.7 Å². The van der Waals surface area contributed by atoms with E-state index in [4.69, 9.17) is 4.74 Å². The van der Waals surface area contributed by atoms with Gasteiger partial charge in [-0.2, -0.15) is 5.10 Å². The minimum atomic E-state index is -0.173. The number of hydrogen-bond donors (Lipinski definition) is 0. The second kappa shape index (κ2) is 8.79. The zero-order valence-corrected chi connectivity index (χ0v) is 19.7. The third-order valence-corrected chi connectivity index (χ3v) is 7.64. The van der Waals surface area contributed by atoms with E-state index in [2.05, 4.69) is 72.8 Å². The number of amides is 1. The molecule has 6 rings (SSSR count). The number of carbonyl (C=O) groups excluding carboxylic acids is 1. The number of piperidine rings is 1. The maximum atomic E-state index is 13.4. The Hall–Kier alpha value is -3.34. The van der Waals surface area contributed by atoms with E-state index in [-0.39, 0.29) is 24.1 Å². The Kier molecular flexibility index (Phi) is 5.48. The van der Waals surface area contributed by atoms with Crippen LogP contribution in [-0.2, 0) is 11.3 Å². The standard InChI is InChI=1S/C29H31N3O2/c1-2-14-31-18-21(17-30-31)20-15-22-8-7-9-23(16-20)32(22)29(33)34-19-28-26-12-5-3-10-24(26)25-11-4-6-13-27(25)28/h3-6,10-13,15,17-18,22-23,28H,2,7-9,14,16,19H2,1H3. The lowest BCUT2D eigenvalue weighted by atomic mass is 9.84. The monoisotopic (exact) mass is 453 g/mol. The molecule has 1 aliphatic carbocycles. The molecular weight excluding hydrogens is 422 g/mol. The van der Waals surface area contributed by atoms with Gasteiger partial charge in [-0.05, 0) is 59.9 Å². The van der Waals surface area contributed by atoms with Gasteiger partial charge >= 0.3 is 6.09 Å². The molecule has 174 valence electrons. The van der Waals surface area contributed by atoms with Gasteiger partial charge in [0.05, 0.1) is 12.2 Å². The lowest BCUT2D eigenvalue weighted by Crippen LogP contribution is -2.51. The van der Waals surface area contributed by atoms with Crippen molar-refractivity contribution < 1.29 is 9.53 Å². The van der Waals surface area contributed by atoms with Gasteiger partial charge in [-0.3, -0.25) is 9.58 Å². The minimum absolute atomic E-state index is 0.0940. The van der Waals surface area contributed by atoms with Crippen LogP contribution < -0.4 is 0 Å². The van der Waals surface area contributed by atoms with Gasteiger partial charge in [0, 0.05) is 30.3 Å². The Morgan fingerprint density at radius 1 is 1.06 bits per heavy atom. The number of aromatic nitrogens is 2. The van der Waals surface area contributed by atoms with Gasteiger partial charge in [-0.1, -0.05) is 61.5 Å². The number of nitrogens with zero attached hydrogens (tertiary/aromatic N) is 3. The molecule has 0 radical (unpaired) electrons. The largest absolute Gasteiger partial charge is 0.448 e. The summed E-state index contributed by atoms with van der Waals surface area (Å²) in [5.74, 6) is 0.0940. The smallest absolute Gasteiger partial charge is 0.410 e. The highest BCUT2D eigenvalue weighted by molar-refractivity contribution is 5.79. The highest BCUT2D eigenvalue weighted by Gasteiger charge is 2.39. The second-order valence-corrected chi connectivity index (χ2v) is 9.75. The molecule has 1 aromatic heterocycles. The molecular formula is C29H31N3O2. The van der Waals surface area contributed by atoms with Gasteiger partial charge < -0.3 is 4.74 Å². The molecule has 34 heavy (non-hydrogen) atoms. The van der Waals surface area contributed by atoms with Crippen LogP contribution in [0, 0.1) is 0 Å². The predicted molar refractivity (Wildman–Crippen MR) is 133 cm³/mol. The number of benzene rings is 2. The van der Waals surface area contributed by atoms with E-state index in [9.17, 15) is 4.79 Å². The Balaban J connectivity index is 1.20. The Morgan fingerprint density at radius 3 is 2.50 bits per heavy atom. The number of carbonyl (C=O) groups is 1. The van der Waals surface area contributed by atoms with Crippen molar-refractivity contribution in [3.8, 4) is 11.1 Å². The summed E-state index contributed by atoms with van der Waals surface area (Å²) in [5, 5.41) is 4.51. The van der Waals surface area contributed by atoms with Gasteiger partial charge in [-0.25, -0.2) is 4.79 Å². The van der Waals surface area contributed by atoms with E-state index in [0.717, 1.165) is 38.6 Å². The molecule has 3 heterocycles. The molecule has 5 nitrogen and oxygen atoms in total. The van der Waals surface area contributed by atoms with E-state index in [1.54, 1.807) is 0 Å². The van der Waals surface area contributed by atoms with E-state index >= 15 is 0 Å². The highest BCUT2D eigenvalue weighted by Crippen LogP contribution is 2.45. The lowest BCUT2D eigenvalue weighted by molar-refractivity contribution is 0.0539. The molecule has 5 heteroatoms. The fraction of sp³-hybridized carbons (Fsp3) is 0.379. The van der Waals surface area contributed by atoms with Gasteiger partial charge in [-0.15, -0.1) is 0 Å². The fourth-order valence-electron chi connectivity index (χ4n) is 6.08. The van der Waals surface area contributed by atoms with Crippen LogP contribution in [0.2, 0.25) is 0 Å². The summed E-state index contributed by atoms with van der Waals surface area (Å²) in [6, 6.07) is 17.3. The number of hydrogen-bond acceptors (Lipinski definition) is 3. The number of fused-ring (bicyclic) bond motifs is 5. The number of rotatable bonds is 5. The van der Waals surface area contributed by atoms with Crippen molar-refractivity contribution in [3.63, 3.8) is 0 Å². The molecule has 0 spiro atoms. The van der Waals surface area contributed by atoms with E-state index in [1.165, 1.54) is 33.4 Å². The van der Waals surface area contributed by atoms with Crippen molar-refractivity contribution in [2.45, 2.75) is 63.6 Å². The first-order valence-electron chi connectivity index (χ1n) is 12.6. The molecule has 2 atom stereocenters. The van der Waals surface area contributed by atoms with E-state index in [0.29, 0.717) is 6.61 Å². The van der Waals surface area contributed by atoms with Crippen molar-refractivity contribution >= 4 is 11.7 Å². The molecule has 2 bridgehead atoms. The van der Waals surface area contributed by atoms with Crippen LogP contribution in [0.3, 0.4) is 0 Å². The van der Waals surface area contributed by atoms with Crippen LogP contribution >= 0.6 is 0 Å². The quantitative estimate of drug-likeness (QED) is 0.459. The molecule has 1 amide bonds. The van der Waals surface area contributed by atoms with Crippen molar-refractivity contribution in [1.29, 1.82) is 0 Å². The molecule has 0 saturated carbocycles. The summed E-state index contributed by atoms with van der Waals surface area (Å²) < 4.78 is 8.05. The van der Waals surface area contributed by atoms with Crippen LogP contribution in [0.4, 0.5) is 4.79 Å². The zero-order valence-electron chi connectivity index (χ0n) is 19.7. The molecule has 0 N–H and O–H groups in total. The summed E-state index contributed by atoms with van der Waals surface area (Å²) >= 11 is 0. The van der Waals surface area contributed by atoms with Crippen LogP contribution in [0.25, 0.3) is 16.7 Å². The van der Waals surface area contributed by atoms with Crippen LogP contribution in [0.1, 0.15) is 61.6 Å². The second-order valence-electron chi connectivity index (χ2n) is 9.75. The Labute approximate surface area is 201 Å². The number of ether oxygens (including phenoxy) is 1. The SMILES string of the molecule is CCCn1cc(C2=CC3CCCC(C2)N3C(=O)OCC2c3ccccc3-c3ccccc32)cn1. The summed E-state index contributed by atoms with van der Waals surface area (Å²) in [6.07, 6.45) is 11.3. The molecule has 2 unspecified atom stereocenters. The normalized spacial score (nSPS) is 21.1. The topological polar surface area (TPSA) is 47.4 Å². The predicted octanol–water partition coefficient (Wildman–Crippen LogP) is 6.25. The first-order valence-corrected chi connectivity index (χ1v) is 12.6. The van der Waals surface area contributed by atoms with Crippen molar-refractivity contribution in [2.75, 3.05) is 6.61 Å². The van der Waals surface area contributed by atoms with E-state index < -0.39 is 0 Å². The lowest BCUT2D eigenvalue weighted by Gasteiger charge is -2.44. The maximum Gasteiger partial charge on any atom is 0.410 e. The number of aryl methyl sites for hydroxylation is 1. The molecule has 2 aromatic carbocycles. The zero-order chi connectivity index (χ0) is 23.1. The third kappa shape index (κ3) is 3.64. The summed E-state index contributed by atoms with van der Waals surface area (Å²) in [6.45, 7) is 3.48. The van der Waals surface area contributed by atoms with Gasteiger partial charge in [0.15, 0.2) is 0 Å². The van der Waals surface area contributed by atoms with Crippen LogP contribution in [0.15, 0.2) is 67.0 Å². The average molecular weight is 454 g/mol. The molecule has 3 aromatic rings. The summed E-state index contributed by atoms with van der Waals surface area (Å²) in [4.78, 5) is 15.4. The summed E-state index contributed by atoms with van der Waals surface area (Å²) in [7, 11) is 0. The van der Waals surface area contributed by atoms with Gasteiger partial charge in [0.2, 0.25) is 0 Å². The molecule has 1 saturated heterocycles. The third-order valence-electron chi connectivity index (χ3n) is 7.64. The van der Waals surface area contributed by atoms with Gasteiger partial charge in [0.1, 0.15) is 6.61 Å². The fourth-order valence-corrected chi connectivity index (χ4v) is 6.08.